The molecule has 1 atom stereocenters. The highest BCUT2D eigenvalue weighted by Crippen LogP contribution is 2.21. The Hall–Kier alpha value is -1.64. The average molecular weight is 220 g/mol. The minimum absolute atomic E-state index is 0.0820. The van der Waals surface area contributed by atoms with E-state index in [0.717, 1.165) is 5.56 Å². The van der Waals surface area contributed by atoms with Crippen LogP contribution in [0, 0.1) is 5.92 Å². The standard InChI is InChI=1S/C13H16O3/c1-9(2)12(15)13(16-10(3)14)11-7-5-4-6-8-11/h4-9,13H,1-3H3. The zero-order chi connectivity index (χ0) is 12.1. The summed E-state index contributed by atoms with van der Waals surface area (Å²) in [7, 11) is 0. The van der Waals surface area contributed by atoms with E-state index >= 15 is 0 Å². The van der Waals surface area contributed by atoms with Crippen molar-refractivity contribution >= 4 is 11.8 Å². The summed E-state index contributed by atoms with van der Waals surface area (Å²) < 4.78 is 5.07. The van der Waals surface area contributed by atoms with Crippen molar-refractivity contribution in [2.75, 3.05) is 0 Å². The largest absolute Gasteiger partial charge is 0.450 e. The number of Topliss-reactive ketones (excluding diaryl/α,β-unsaturated/α-hetero) is 1. The molecule has 0 aliphatic heterocycles. The van der Waals surface area contributed by atoms with Gasteiger partial charge in [0, 0.05) is 12.8 Å². The minimum atomic E-state index is -0.779. The van der Waals surface area contributed by atoms with Crippen molar-refractivity contribution in [2.45, 2.75) is 26.9 Å². The predicted molar refractivity (Wildman–Crippen MR) is 60.8 cm³/mol. The van der Waals surface area contributed by atoms with Crippen molar-refractivity contribution in [3.8, 4) is 0 Å². The molecule has 0 heterocycles. The third-order valence-corrected chi connectivity index (χ3v) is 2.21. The lowest BCUT2D eigenvalue weighted by molar-refractivity contribution is -0.154. The molecule has 0 bridgehead atoms. The molecule has 1 unspecified atom stereocenters. The van der Waals surface area contributed by atoms with E-state index in [1.165, 1.54) is 6.92 Å². The van der Waals surface area contributed by atoms with Gasteiger partial charge >= 0.3 is 5.97 Å². The number of carbonyl (C=O) groups is 2. The van der Waals surface area contributed by atoms with E-state index in [1.807, 2.05) is 18.2 Å². The lowest BCUT2D eigenvalue weighted by Gasteiger charge is -2.18. The monoisotopic (exact) mass is 220 g/mol. The number of rotatable bonds is 4. The summed E-state index contributed by atoms with van der Waals surface area (Å²) in [6.45, 7) is 4.90. The summed E-state index contributed by atoms with van der Waals surface area (Å²) in [6, 6.07) is 9.06. The fourth-order valence-corrected chi connectivity index (χ4v) is 1.39. The van der Waals surface area contributed by atoms with E-state index in [2.05, 4.69) is 0 Å². The minimum Gasteiger partial charge on any atom is -0.450 e. The zero-order valence-electron chi connectivity index (χ0n) is 9.77. The molecule has 86 valence electrons. The highest BCUT2D eigenvalue weighted by Gasteiger charge is 2.25. The second-order valence-electron chi connectivity index (χ2n) is 3.96. The fourth-order valence-electron chi connectivity index (χ4n) is 1.39. The highest BCUT2D eigenvalue weighted by molar-refractivity contribution is 5.87. The number of ketones is 1. The van der Waals surface area contributed by atoms with E-state index in [1.54, 1.807) is 26.0 Å². The first-order valence-electron chi connectivity index (χ1n) is 5.28. The van der Waals surface area contributed by atoms with Gasteiger partial charge in [0.1, 0.15) is 0 Å². The predicted octanol–water partition coefficient (Wildman–Crippen LogP) is 2.52. The SMILES string of the molecule is CC(=O)OC(C(=O)C(C)C)c1ccccc1. The molecular formula is C13H16O3. The van der Waals surface area contributed by atoms with Crippen molar-refractivity contribution in [2.24, 2.45) is 5.92 Å². The van der Waals surface area contributed by atoms with Crippen LogP contribution in [0.2, 0.25) is 0 Å². The van der Waals surface area contributed by atoms with Gasteiger partial charge < -0.3 is 4.74 Å². The molecule has 3 heteroatoms. The van der Waals surface area contributed by atoms with Gasteiger partial charge in [0.15, 0.2) is 11.9 Å². The van der Waals surface area contributed by atoms with Gasteiger partial charge in [-0.3, -0.25) is 9.59 Å². The van der Waals surface area contributed by atoms with Gasteiger partial charge in [-0.05, 0) is 5.56 Å². The molecule has 0 spiro atoms. The van der Waals surface area contributed by atoms with Crippen LogP contribution in [0.3, 0.4) is 0 Å². The Morgan fingerprint density at radius 3 is 2.12 bits per heavy atom. The normalized spacial score (nSPS) is 12.2. The van der Waals surface area contributed by atoms with Crippen molar-refractivity contribution in [3.63, 3.8) is 0 Å². The van der Waals surface area contributed by atoms with Crippen molar-refractivity contribution < 1.29 is 14.3 Å². The fraction of sp³-hybridized carbons (Fsp3) is 0.385. The Labute approximate surface area is 95.4 Å². The van der Waals surface area contributed by atoms with Crippen LogP contribution in [0.25, 0.3) is 0 Å². The first kappa shape index (κ1) is 12.4. The Bertz CT molecular complexity index is 368. The van der Waals surface area contributed by atoms with Gasteiger partial charge in [0.25, 0.3) is 0 Å². The maximum Gasteiger partial charge on any atom is 0.303 e. The maximum absolute atomic E-state index is 11.9. The van der Waals surface area contributed by atoms with Gasteiger partial charge in [-0.15, -0.1) is 0 Å². The van der Waals surface area contributed by atoms with Gasteiger partial charge in [0.2, 0.25) is 0 Å². The summed E-state index contributed by atoms with van der Waals surface area (Å²) in [5.74, 6) is -0.686. The van der Waals surface area contributed by atoms with E-state index in [-0.39, 0.29) is 11.7 Å². The average Bonchev–Trinajstić information content (AvgIpc) is 2.26. The van der Waals surface area contributed by atoms with E-state index in [9.17, 15) is 9.59 Å². The Morgan fingerprint density at radius 2 is 1.69 bits per heavy atom. The summed E-state index contributed by atoms with van der Waals surface area (Å²) in [6.07, 6.45) is -0.779. The van der Waals surface area contributed by atoms with Gasteiger partial charge in [-0.25, -0.2) is 0 Å². The Balaban J connectivity index is 2.96. The smallest absolute Gasteiger partial charge is 0.303 e. The quantitative estimate of drug-likeness (QED) is 0.732. The zero-order valence-corrected chi connectivity index (χ0v) is 9.77. The van der Waals surface area contributed by atoms with Crippen LogP contribution in [0.15, 0.2) is 30.3 Å². The second kappa shape index (κ2) is 5.45. The molecule has 0 amide bonds. The van der Waals surface area contributed by atoms with Crippen molar-refractivity contribution in [3.05, 3.63) is 35.9 Å². The number of benzene rings is 1. The van der Waals surface area contributed by atoms with Crippen molar-refractivity contribution in [1.29, 1.82) is 0 Å². The molecular weight excluding hydrogens is 204 g/mol. The van der Waals surface area contributed by atoms with Crippen LogP contribution in [-0.4, -0.2) is 11.8 Å². The third kappa shape index (κ3) is 3.19. The second-order valence-corrected chi connectivity index (χ2v) is 3.96. The van der Waals surface area contributed by atoms with Crippen LogP contribution in [-0.2, 0) is 14.3 Å². The molecule has 1 rings (SSSR count). The molecule has 16 heavy (non-hydrogen) atoms. The number of ether oxygens (including phenoxy) is 1. The maximum atomic E-state index is 11.9. The molecule has 0 aliphatic rings. The number of hydrogen-bond donors (Lipinski definition) is 0. The Morgan fingerprint density at radius 1 is 1.12 bits per heavy atom. The van der Waals surface area contributed by atoms with Crippen LogP contribution < -0.4 is 0 Å². The molecule has 0 fully saturated rings. The molecule has 0 saturated carbocycles. The highest BCUT2D eigenvalue weighted by atomic mass is 16.5. The lowest BCUT2D eigenvalue weighted by Crippen LogP contribution is -2.22. The van der Waals surface area contributed by atoms with E-state index in [4.69, 9.17) is 4.74 Å². The first-order chi connectivity index (χ1) is 7.52. The van der Waals surface area contributed by atoms with Crippen molar-refractivity contribution in [1.82, 2.24) is 0 Å². The molecule has 0 N–H and O–H groups in total. The molecule has 1 aromatic carbocycles. The topological polar surface area (TPSA) is 43.4 Å². The van der Waals surface area contributed by atoms with E-state index < -0.39 is 12.1 Å². The lowest BCUT2D eigenvalue weighted by atomic mass is 9.98. The number of esters is 1. The molecule has 0 saturated heterocycles. The Kier molecular flexibility index (Phi) is 4.23. The first-order valence-corrected chi connectivity index (χ1v) is 5.28. The molecule has 1 aromatic rings. The molecule has 0 aliphatic carbocycles. The van der Waals surface area contributed by atoms with Gasteiger partial charge in [-0.1, -0.05) is 44.2 Å². The summed E-state index contributed by atoms with van der Waals surface area (Å²) in [4.78, 5) is 22.9. The molecule has 3 nitrogen and oxygen atoms in total. The van der Waals surface area contributed by atoms with Gasteiger partial charge in [0.05, 0.1) is 0 Å². The van der Waals surface area contributed by atoms with E-state index in [0.29, 0.717) is 0 Å². The number of carbonyl (C=O) groups excluding carboxylic acids is 2. The molecule has 0 aromatic heterocycles. The third-order valence-electron chi connectivity index (χ3n) is 2.21. The molecule has 0 radical (unpaired) electrons. The van der Waals surface area contributed by atoms with Crippen LogP contribution in [0.4, 0.5) is 0 Å². The van der Waals surface area contributed by atoms with Crippen LogP contribution >= 0.6 is 0 Å². The van der Waals surface area contributed by atoms with Crippen LogP contribution in [0.1, 0.15) is 32.4 Å². The summed E-state index contributed by atoms with van der Waals surface area (Å²) in [5.41, 5.74) is 0.719. The summed E-state index contributed by atoms with van der Waals surface area (Å²) >= 11 is 0. The number of hydrogen-bond acceptors (Lipinski definition) is 3. The van der Waals surface area contributed by atoms with Crippen LogP contribution in [0.5, 0.6) is 0 Å². The van der Waals surface area contributed by atoms with Gasteiger partial charge in [-0.2, -0.15) is 0 Å². The summed E-state index contributed by atoms with van der Waals surface area (Å²) in [5, 5.41) is 0.